The third-order valence-corrected chi connectivity index (χ3v) is 2.30. The van der Waals surface area contributed by atoms with Gasteiger partial charge in [0.25, 0.3) is 11.4 Å². The maximum absolute atomic E-state index is 10.8. The molecule has 0 atom stereocenters. The van der Waals surface area contributed by atoms with Gasteiger partial charge >= 0.3 is 0 Å². The van der Waals surface area contributed by atoms with E-state index in [0.717, 1.165) is 6.07 Å². The number of non-ortho nitro benzene ring substituents is 1. The lowest BCUT2D eigenvalue weighted by atomic mass is 10.1. The van der Waals surface area contributed by atoms with E-state index >= 15 is 0 Å². The van der Waals surface area contributed by atoms with Gasteiger partial charge in [0.15, 0.2) is 0 Å². The van der Waals surface area contributed by atoms with Crippen LogP contribution in [0.25, 0.3) is 0 Å². The second kappa shape index (κ2) is 5.35. The van der Waals surface area contributed by atoms with Crippen LogP contribution in [0.5, 0.6) is 0 Å². The summed E-state index contributed by atoms with van der Waals surface area (Å²) in [6, 6.07) is 3.74. The van der Waals surface area contributed by atoms with Gasteiger partial charge in [-0.3, -0.25) is 20.2 Å². The minimum atomic E-state index is -0.636. The predicted octanol–water partition coefficient (Wildman–Crippen LogP) is 1.61. The molecule has 0 aliphatic heterocycles. The fourth-order valence-electron chi connectivity index (χ4n) is 1.39. The molecular formula is C10H13N3O4. The summed E-state index contributed by atoms with van der Waals surface area (Å²) < 4.78 is 0. The fourth-order valence-corrected chi connectivity index (χ4v) is 1.39. The highest BCUT2D eigenvalue weighted by Crippen LogP contribution is 2.24. The zero-order valence-corrected chi connectivity index (χ0v) is 9.62. The molecule has 0 radical (unpaired) electrons. The Morgan fingerprint density at radius 3 is 2.29 bits per heavy atom. The molecule has 92 valence electrons. The normalized spacial score (nSPS) is 10.5. The van der Waals surface area contributed by atoms with Gasteiger partial charge in [0.05, 0.1) is 15.9 Å². The molecule has 1 rings (SSSR count). The van der Waals surface area contributed by atoms with Crippen LogP contribution in [0, 0.1) is 20.2 Å². The Morgan fingerprint density at radius 1 is 1.18 bits per heavy atom. The van der Waals surface area contributed by atoms with Gasteiger partial charge < -0.3 is 4.90 Å². The van der Waals surface area contributed by atoms with Crippen LogP contribution in [0.1, 0.15) is 5.56 Å². The molecule has 17 heavy (non-hydrogen) atoms. The zero-order valence-electron chi connectivity index (χ0n) is 9.62. The Bertz CT molecular complexity index is 445. The maximum atomic E-state index is 10.8. The van der Waals surface area contributed by atoms with Crippen LogP contribution in [0.3, 0.4) is 0 Å². The molecule has 0 saturated heterocycles. The third-order valence-electron chi connectivity index (χ3n) is 2.30. The number of hydrogen-bond donors (Lipinski definition) is 0. The predicted molar refractivity (Wildman–Crippen MR) is 62.0 cm³/mol. The van der Waals surface area contributed by atoms with Crippen molar-refractivity contribution >= 4 is 11.4 Å². The van der Waals surface area contributed by atoms with E-state index in [2.05, 4.69) is 0 Å². The van der Waals surface area contributed by atoms with Crippen LogP contribution in [0.4, 0.5) is 11.4 Å². The van der Waals surface area contributed by atoms with Crippen molar-refractivity contribution in [3.05, 3.63) is 44.0 Å². The molecule has 1 aromatic rings. The van der Waals surface area contributed by atoms with Crippen LogP contribution < -0.4 is 0 Å². The molecule has 0 saturated carbocycles. The molecule has 0 amide bonds. The van der Waals surface area contributed by atoms with E-state index in [1.165, 1.54) is 12.1 Å². The van der Waals surface area contributed by atoms with Crippen molar-refractivity contribution in [3.8, 4) is 0 Å². The maximum Gasteiger partial charge on any atom is 0.279 e. The number of nitrogens with zero attached hydrogens (tertiary/aromatic N) is 3. The number of nitro benzene ring substituents is 2. The minimum Gasteiger partial charge on any atom is -0.309 e. The van der Waals surface area contributed by atoms with Crippen molar-refractivity contribution < 1.29 is 9.85 Å². The smallest absolute Gasteiger partial charge is 0.279 e. The highest BCUT2D eigenvalue weighted by atomic mass is 16.6. The van der Waals surface area contributed by atoms with Gasteiger partial charge in [0, 0.05) is 18.2 Å². The molecule has 7 heteroatoms. The first-order valence-corrected chi connectivity index (χ1v) is 4.98. The summed E-state index contributed by atoms with van der Waals surface area (Å²) in [6.07, 6.45) is 0.487. The summed E-state index contributed by atoms with van der Waals surface area (Å²) in [5.74, 6) is 0. The van der Waals surface area contributed by atoms with Gasteiger partial charge in [-0.2, -0.15) is 0 Å². The van der Waals surface area contributed by atoms with E-state index in [9.17, 15) is 20.2 Å². The van der Waals surface area contributed by atoms with Crippen molar-refractivity contribution in [2.75, 3.05) is 20.6 Å². The monoisotopic (exact) mass is 239 g/mol. The number of likely N-dealkylation sites (N-methyl/N-ethyl adjacent to an activating group) is 1. The van der Waals surface area contributed by atoms with E-state index < -0.39 is 9.85 Å². The summed E-state index contributed by atoms with van der Waals surface area (Å²) in [7, 11) is 3.72. The van der Waals surface area contributed by atoms with Crippen molar-refractivity contribution in [1.29, 1.82) is 0 Å². The summed E-state index contributed by atoms with van der Waals surface area (Å²) in [6.45, 7) is 0.651. The first kappa shape index (κ1) is 13.0. The lowest BCUT2D eigenvalue weighted by molar-refractivity contribution is -0.394. The SMILES string of the molecule is CN(C)CCc1ccc([N+](=O)[O-])cc1[N+](=O)[O-]. The summed E-state index contributed by atoms with van der Waals surface area (Å²) >= 11 is 0. The van der Waals surface area contributed by atoms with E-state index in [1.807, 2.05) is 19.0 Å². The topological polar surface area (TPSA) is 89.5 Å². The van der Waals surface area contributed by atoms with Gasteiger partial charge in [-0.05, 0) is 26.6 Å². The Balaban J connectivity index is 3.04. The fraction of sp³-hybridized carbons (Fsp3) is 0.400. The molecule has 0 aliphatic rings. The van der Waals surface area contributed by atoms with E-state index in [0.29, 0.717) is 18.5 Å². The van der Waals surface area contributed by atoms with Crippen molar-refractivity contribution in [2.45, 2.75) is 6.42 Å². The highest BCUT2D eigenvalue weighted by molar-refractivity contribution is 5.49. The van der Waals surface area contributed by atoms with Crippen LogP contribution in [0.2, 0.25) is 0 Å². The van der Waals surface area contributed by atoms with Crippen LogP contribution in [0.15, 0.2) is 18.2 Å². The third kappa shape index (κ3) is 3.49. The van der Waals surface area contributed by atoms with Gasteiger partial charge in [0.1, 0.15) is 0 Å². The Labute approximate surface area is 98.0 Å². The minimum absolute atomic E-state index is 0.193. The van der Waals surface area contributed by atoms with Crippen molar-refractivity contribution in [1.82, 2.24) is 4.90 Å². The molecular weight excluding hydrogens is 226 g/mol. The number of rotatable bonds is 5. The molecule has 0 N–H and O–H groups in total. The van der Waals surface area contributed by atoms with Crippen LogP contribution in [-0.2, 0) is 6.42 Å². The average Bonchev–Trinajstić information content (AvgIpc) is 2.25. The average molecular weight is 239 g/mol. The molecule has 0 fully saturated rings. The largest absolute Gasteiger partial charge is 0.309 e. The van der Waals surface area contributed by atoms with E-state index in [1.54, 1.807) is 0 Å². The summed E-state index contributed by atoms with van der Waals surface area (Å²) in [5.41, 5.74) is 0.0562. The summed E-state index contributed by atoms with van der Waals surface area (Å²) in [5, 5.41) is 21.3. The summed E-state index contributed by atoms with van der Waals surface area (Å²) in [4.78, 5) is 22.0. The molecule has 0 unspecified atom stereocenters. The van der Waals surface area contributed by atoms with Crippen LogP contribution >= 0.6 is 0 Å². The standard InChI is InChI=1S/C10H13N3O4/c1-11(2)6-5-8-3-4-9(12(14)15)7-10(8)13(16)17/h3-4,7H,5-6H2,1-2H3. The number of benzene rings is 1. The molecule has 0 aliphatic carbocycles. The van der Waals surface area contributed by atoms with E-state index in [-0.39, 0.29) is 11.4 Å². The molecule has 7 nitrogen and oxygen atoms in total. The molecule has 0 aromatic heterocycles. The first-order chi connectivity index (χ1) is 7.91. The molecule has 1 aromatic carbocycles. The van der Waals surface area contributed by atoms with Crippen molar-refractivity contribution in [3.63, 3.8) is 0 Å². The Morgan fingerprint density at radius 2 is 1.82 bits per heavy atom. The second-order valence-electron chi connectivity index (χ2n) is 3.88. The molecule has 0 heterocycles. The van der Waals surface area contributed by atoms with Gasteiger partial charge in [0.2, 0.25) is 0 Å². The second-order valence-corrected chi connectivity index (χ2v) is 3.88. The Kier molecular flexibility index (Phi) is 4.11. The molecule has 0 spiro atoms. The molecule has 0 bridgehead atoms. The van der Waals surface area contributed by atoms with Crippen molar-refractivity contribution in [2.24, 2.45) is 0 Å². The number of nitro groups is 2. The van der Waals surface area contributed by atoms with Gasteiger partial charge in [-0.1, -0.05) is 0 Å². The van der Waals surface area contributed by atoms with Crippen LogP contribution in [-0.4, -0.2) is 35.4 Å². The van der Waals surface area contributed by atoms with Gasteiger partial charge in [-0.15, -0.1) is 0 Å². The quantitative estimate of drug-likeness (QED) is 0.575. The lowest BCUT2D eigenvalue weighted by Gasteiger charge is -2.09. The van der Waals surface area contributed by atoms with Gasteiger partial charge in [-0.25, -0.2) is 0 Å². The highest BCUT2D eigenvalue weighted by Gasteiger charge is 2.18. The zero-order chi connectivity index (χ0) is 13.0. The first-order valence-electron chi connectivity index (χ1n) is 4.98. The van der Waals surface area contributed by atoms with E-state index in [4.69, 9.17) is 0 Å². The lowest BCUT2D eigenvalue weighted by Crippen LogP contribution is -2.15. The Hall–Kier alpha value is -2.02. The number of hydrogen-bond acceptors (Lipinski definition) is 5.